The standard InChI is InChI=1S/C22H23BrClNO3/c1-13-10-16(11-14(2)21(13)24)28-9-5-7-17-15(3)25(12-20(26)27)22-18(17)6-4-8-19(22)23/h4,6,8,10-11H,5,7,9,12H2,1-3H3,(H,26,27). The van der Waals surface area contributed by atoms with Gasteiger partial charge in [-0.25, -0.2) is 0 Å². The van der Waals surface area contributed by atoms with E-state index in [0.717, 1.165) is 55.8 Å². The van der Waals surface area contributed by atoms with Crippen molar-refractivity contribution in [3.8, 4) is 5.75 Å². The number of hydrogen-bond acceptors (Lipinski definition) is 2. The second-order valence-electron chi connectivity index (χ2n) is 7.00. The maximum absolute atomic E-state index is 11.3. The van der Waals surface area contributed by atoms with Crippen molar-refractivity contribution in [2.75, 3.05) is 6.61 Å². The first-order chi connectivity index (χ1) is 13.3. The van der Waals surface area contributed by atoms with Crippen molar-refractivity contribution in [2.45, 2.75) is 40.2 Å². The van der Waals surface area contributed by atoms with Crippen LogP contribution in [0.3, 0.4) is 0 Å². The lowest BCUT2D eigenvalue weighted by Gasteiger charge is -2.10. The summed E-state index contributed by atoms with van der Waals surface area (Å²) < 4.78 is 8.69. The van der Waals surface area contributed by atoms with Gasteiger partial charge < -0.3 is 14.4 Å². The van der Waals surface area contributed by atoms with Gasteiger partial charge in [-0.05, 0) is 84.4 Å². The van der Waals surface area contributed by atoms with E-state index in [1.807, 2.05) is 55.7 Å². The van der Waals surface area contributed by atoms with E-state index in [9.17, 15) is 9.90 Å². The molecule has 2 aromatic carbocycles. The Balaban J connectivity index is 1.77. The van der Waals surface area contributed by atoms with Crippen LogP contribution in [0.25, 0.3) is 10.9 Å². The average Bonchev–Trinajstić information content (AvgIpc) is 2.89. The van der Waals surface area contributed by atoms with Crippen molar-refractivity contribution in [2.24, 2.45) is 0 Å². The fraction of sp³-hybridized carbons (Fsp3) is 0.318. The predicted molar refractivity (Wildman–Crippen MR) is 117 cm³/mol. The maximum Gasteiger partial charge on any atom is 0.323 e. The Hall–Kier alpha value is -1.98. The van der Waals surface area contributed by atoms with E-state index in [2.05, 4.69) is 15.9 Å². The zero-order valence-corrected chi connectivity index (χ0v) is 18.5. The Morgan fingerprint density at radius 2 is 1.89 bits per heavy atom. The van der Waals surface area contributed by atoms with Gasteiger partial charge in [0.2, 0.25) is 0 Å². The molecule has 0 saturated heterocycles. The van der Waals surface area contributed by atoms with Crippen LogP contribution >= 0.6 is 27.5 Å². The van der Waals surface area contributed by atoms with Crippen molar-refractivity contribution < 1.29 is 14.6 Å². The monoisotopic (exact) mass is 463 g/mol. The summed E-state index contributed by atoms with van der Waals surface area (Å²) in [7, 11) is 0. The molecule has 1 N–H and O–H groups in total. The number of aryl methyl sites for hydroxylation is 3. The summed E-state index contributed by atoms with van der Waals surface area (Å²) in [6.45, 7) is 6.46. The molecule has 0 spiro atoms. The van der Waals surface area contributed by atoms with Crippen LogP contribution in [0.5, 0.6) is 5.75 Å². The number of carboxylic acids is 1. The SMILES string of the molecule is Cc1cc(OCCCc2c(C)n(CC(=O)O)c3c(Br)cccc23)cc(C)c1Cl. The highest BCUT2D eigenvalue weighted by Crippen LogP contribution is 2.32. The number of nitrogens with zero attached hydrogens (tertiary/aromatic N) is 1. The zero-order valence-electron chi connectivity index (χ0n) is 16.2. The molecule has 0 unspecified atom stereocenters. The number of carboxylic acid groups (broad SMARTS) is 1. The minimum atomic E-state index is -0.848. The van der Waals surface area contributed by atoms with Gasteiger partial charge in [-0.15, -0.1) is 0 Å². The van der Waals surface area contributed by atoms with E-state index in [0.29, 0.717) is 6.61 Å². The van der Waals surface area contributed by atoms with Gasteiger partial charge in [0.25, 0.3) is 0 Å². The molecule has 0 bridgehead atoms. The first-order valence-corrected chi connectivity index (χ1v) is 10.3. The largest absolute Gasteiger partial charge is 0.494 e. The molecule has 28 heavy (non-hydrogen) atoms. The highest BCUT2D eigenvalue weighted by molar-refractivity contribution is 9.10. The minimum absolute atomic E-state index is 0.0508. The molecular formula is C22H23BrClNO3. The predicted octanol–water partition coefficient (Wildman–Crippen LogP) is 6.08. The maximum atomic E-state index is 11.3. The number of carbonyl (C=O) groups is 1. The van der Waals surface area contributed by atoms with Crippen molar-refractivity contribution in [1.29, 1.82) is 0 Å². The summed E-state index contributed by atoms with van der Waals surface area (Å²) in [5.41, 5.74) is 5.11. The molecule has 3 aromatic rings. The number of para-hydroxylation sites is 1. The van der Waals surface area contributed by atoms with Crippen LogP contribution in [-0.2, 0) is 17.8 Å². The molecule has 1 aromatic heterocycles. The third kappa shape index (κ3) is 4.20. The molecule has 0 saturated carbocycles. The number of halogens is 2. The summed E-state index contributed by atoms with van der Waals surface area (Å²) in [6.07, 6.45) is 1.65. The Labute approximate surface area is 178 Å². The van der Waals surface area contributed by atoms with Crippen LogP contribution in [0.2, 0.25) is 5.02 Å². The molecule has 0 aliphatic rings. The normalized spacial score (nSPS) is 11.2. The van der Waals surface area contributed by atoms with E-state index in [1.54, 1.807) is 0 Å². The quantitative estimate of drug-likeness (QED) is 0.431. The van der Waals surface area contributed by atoms with Crippen molar-refractivity contribution in [3.63, 3.8) is 0 Å². The highest BCUT2D eigenvalue weighted by Gasteiger charge is 2.17. The first kappa shape index (κ1) is 20.7. The third-order valence-corrected chi connectivity index (χ3v) is 6.20. The first-order valence-electron chi connectivity index (χ1n) is 9.17. The van der Waals surface area contributed by atoms with Crippen molar-refractivity contribution in [1.82, 2.24) is 4.57 Å². The van der Waals surface area contributed by atoms with Gasteiger partial charge in [-0.3, -0.25) is 4.79 Å². The molecule has 1 heterocycles. The van der Waals surface area contributed by atoms with E-state index in [4.69, 9.17) is 16.3 Å². The molecule has 6 heteroatoms. The van der Waals surface area contributed by atoms with Gasteiger partial charge in [0, 0.05) is 20.6 Å². The summed E-state index contributed by atoms with van der Waals surface area (Å²) in [6, 6.07) is 9.88. The topological polar surface area (TPSA) is 51.5 Å². The number of hydrogen-bond donors (Lipinski definition) is 1. The summed E-state index contributed by atoms with van der Waals surface area (Å²) in [5.74, 6) is -0.0220. The van der Waals surface area contributed by atoms with Crippen LogP contribution in [0.1, 0.15) is 28.8 Å². The summed E-state index contributed by atoms with van der Waals surface area (Å²) in [5, 5.41) is 11.2. The molecule has 0 fully saturated rings. The van der Waals surface area contributed by atoms with Crippen LogP contribution in [0, 0.1) is 20.8 Å². The van der Waals surface area contributed by atoms with Gasteiger partial charge in [0.15, 0.2) is 0 Å². The number of benzene rings is 2. The molecule has 148 valence electrons. The fourth-order valence-electron chi connectivity index (χ4n) is 3.64. The molecular weight excluding hydrogens is 442 g/mol. The second kappa shape index (κ2) is 8.58. The Morgan fingerprint density at radius 1 is 1.21 bits per heavy atom. The van der Waals surface area contributed by atoms with Crippen molar-refractivity contribution >= 4 is 44.4 Å². The molecule has 0 amide bonds. The number of aromatic nitrogens is 1. The van der Waals surface area contributed by atoms with Gasteiger partial charge in [-0.1, -0.05) is 23.7 Å². The van der Waals surface area contributed by atoms with Gasteiger partial charge >= 0.3 is 5.97 Å². The van der Waals surface area contributed by atoms with Crippen LogP contribution in [0.4, 0.5) is 0 Å². The summed E-state index contributed by atoms with van der Waals surface area (Å²) >= 11 is 9.78. The highest BCUT2D eigenvalue weighted by atomic mass is 79.9. The lowest BCUT2D eigenvalue weighted by molar-refractivity contribution is -0.137. The van der Waals surface area contributed by atoms with Crippen LogP contribution < -0.4 is 4.74 Å². The molecule has 4 nitrogen and oxygen atoms in total. The zero-order chi connectivity index (χ0) is 20.4. The lowest BCUT2D eigenvalue weighted by Crippen LogP contribution is -2.10. The van der Waals surface area contributed by atoms with E-state index >= 15 is 0 Å². The van der Waals surface area contributed by atoms with Gasteiger partial charge in [0.05, 0.1) is 12.1 Å². The summed E-state index contributed by atoms with van der Waals surface area (Å²) in [4.78, 5) is 11.3. The van der Waals surface area contributed by atoms with Crippen LogP contribution in [-0.4, -0.2) is 22.2 Å². The van der Waals surface area contributed by atoms with Gasteiger partial charge in [-0.2, -0.15) is 0 Å². The minimum Gasteiger partial charge on any atom is -0.494 e. The number of fused-ring (bicyclic) bond motifs is 1. The number of rotatable bonds is 7. The molecule has 0 radical (unpaired) electrons. The molecule has 0 aliphatic heterocycles. The molecule has 3 rings (SSSR count). The smallest absolute Gasteiger partial charge is 0.323 e. The third-order valence-electron chi connectivity index (χ3n) is 4.97. The lowest BCUT2D eigenvalue weighted by atomic mass is 10.1. The van der Waals surface area contributed by atoms with Crippen molar-refractivity contribution in [3.05, 3.63) is 62.2 Å². The van der Waals surface area contributed by atoms with Crippen LogP contribution in [0.15, 0.2) is 34.8 Å². The Morgan fingerprint density at radius 3 is 2.54 bits per heavy atom. The Kier molecular flexibility index (Phi) is 6.36. The Bertz CT molecular complexity index is 1020. The average molecular weight is 465 g/mol. The van der Waals surface area contributed by atoms with Gasteiger partial charge in [0.1, 0.15) is 12.3 Å². The van der Waals surface area contributed by atoms with E-state index < -0.39 is 5.97 Å². The molecule has 0 aliphatic carbocycles. The van der Waals surface area contributed by atoms with E-state index in [-0.39, 0.29) is 6.54 Å². The number of ether oxygens (including phenoxy) is 1. The van der Waals surface area contributed by atoms with E-state index in [1.165, 1.54) is 5.56 Å². The number of aliphatic carboxylic acids is 1. The molecule has 0 atom stereocenters. The fourth-order valence-corrected chi connectivity index (χ4v) is 4.32. The second-order valence-corrected chi connectivity index (χ2v) is 8.24.